The number of rotatable bonds is 3. The van der Waals surface area contributed by atoms with Crippen molar-refractivity contribution in [3.63, 3.8) is 0 Å². The largest absolute Gasteiger partial charge is 0.494 e. The van der Waals surface area contributed by atoms with Crippen molar-refractivity contribution in [1.29, 1.82) is 0 Å². The summed E-state index contributed by atoms with van der Waals surface area (Å²) in [7, 11) is 1.41. The molecule has 18 heavy (non-hydrogen) atoms. The van der Waals surface area contributed by atoms with Crippen LogP contribution in [-0.4, -0.2) is 12.2 Å². The van der Waals surface area contributed by atoms with Crippen molar-refractivity contribution < 1.29 is 14.2 Å². The van der Waals surface area contributed by atoms with Crippen LogP contribution in [0.5, 0.6) is 5.75 Å². The summed E-state index contributed by atoms with van der Waals surface area (Å²) in [4.78, 5) is 0. The Kier molecular flexibility index (Phi) is 4.19. The molecule has 2 nitrogen and oxygen atoms in total. The van der Waals surface area contributed by atoms with Gasteiger partial charge in [0.25, 0.3) is 0 Å². The normalized spacial score (nSPS) is 12.2. The molecule has 0 aliphatic heterocycles. The van der Waals surface area contributed by atoms with Gasteiger partial charge < -0.3 is 9.84 Å². The van der Waals surface area contributed by atoms with Gasteiger partial charge >= 0.3 is 0 Å². The highest BCUT2D eigenvalue weighted by molar-refractivity contribution is 14.1. The molecule has 0 spiro atoms. The molecule has 0 aliphatic rings. The smallest absolute Gasteiger partial charge is 0.171 e. The summed E-state index contributed by atoms with van der Waals surface area (Å²) in [5.41, 5.74) is 0.880. The second-order valence-electron chi connectivity index (χ2n) is 3.82. The lowest BCUT2D eigenvalue weighted by Gasteiger charge is -2.14. The monoisotopic (exact) mass is 358 g/mol. The SMILES string of the molecule is COc1cc(I)cc(C(O)c2ccccc2)c1F. The Bertz CT molecular complexity index is 543. The number of methoxy groups -OCH3 is 1. The first-order chi connectivity index (χ1) is 8.63. The molecule has 0 radical (unpaired) electrons. The van der Waals surface area contributed by atoms with E-state index in [-0.39, 0.29) is 11.3 Å². The van der Waals surface area contributed by atoms with Crippen LogP contribution in [0.1, 0.15) is 17.2 Å². The second-order valence-corrected chi connectivity index (χ2v) is 5.07. The lowest BCUT2D eigenvalue weighted by molar-refractivity contribution is 0.213. The molecule has 94 valence electrons. The lowest BCUT2D eigenvalue weighted by Crippen LogP contribution is -2.04. The Hall–Kier alpha value is -1.14. The molecule has 1 unspecified atom stereocenters. The summed E-state index contributed by atoms with van der Waals surface area (Å²) in [6.07, 6.45) is -0.991. The molecule has 4 heteroatoms. The molecule has 2 aromatic rings. The molecule has 0 fully saturated rings. The summed E-state index contributed by atoms with van der Waals surface area (Å²) in [5, 5.41) is 10.2. The van der Waals surface area contributed by atoms with Gasteiger partial charge in [-0.25, -0.2) is 4.39 Å². The molecule has 0 aromatic heterocycles. The minimum atomic E-state index is -0.991. The zero-order valence-corrected chi connectivity index (χ0v) is 11.9. The predicted molar refractivity (Wildman–Crippen MR) is 76.2 cm³/mol. The Morgan fingerprint density at radius 1 is 1.22 bits per heavy atom. The predicted octanol–water partition coefficient (Wildman–Crippen LogP) is 3.52. The van der Waals surface area contributed by atoms with Gasteiger partial charge in [0.05, 0.1) is 7.11 Å². The number of hydrogen-bond donors (Lipinski definition) is 1. The first-order valence-corrected chi connectivity index (χ1v) is 6.47. The van der Waals surface area contributed by atoms with E-state index in [1.54, 1.807) is 24.3 Å². The van der Waals surface area contributed by atoms with Crippen molar-refractivity contribution in [2.24, 2.45) is 0 Å². The van der Waals surface area contributed by atoms with Crippen molar-refractivity contribution in [1.82, 2.24) is 0 Å². The summed E-state index contributed by atoms with van der Waals surface area (Å²) < 4.78 is 19.9. The van der Waals surface area contributed by atoms with E-state index < -0.39 is 11.9 Å². The standard InChI is InChI=1S/C14H12FIO2/c1-18-12-8-10(16)7-11(13(12)15)14(17)9-5-3-2-4-6-9/h2-8,14,17H,1H3. The van der Waals surface area contributed by atoms with E-state index in [0.29, 0.717) is 5.56 Å². The van der Waals surface area contributed by atoms with Crippen LogP contribution in [0.4, 0.5) is 4.39 Å². The molecular weight excluding hydrogens is 346 g/mol. The lowest BCUT2D eigenvalue weighted by atomic mass is 10.0. The Morgan fingerprint density at radius 3 is 2.50 bits per heavy atom. The highest BCUT2D eigenvalue weighted by Crippen LogP contribution is 2.31. The van der Waals surface area contributed by atoms with Crippen LogP contribution in [0.15, 0.2) is 42.5 Å². The van der Waals surface area contributed by atoms with Crippen LogP contribution in [-0.2, 0) is 0 Å². The molecule has 1 atom stereocenters. The van der Waals surface area contributed by atoms with Crippen molar-refractivity contribution in [3.05, 3.63) is 63.0 Å². The Balaban J connectivity index is 2.48. The molecule has 0 saturated carbocycles. The fourth-order valence-corrected chi connectivity index (χ4v) is 2.37. The average Bonchev–Trinajstić information content (AvgIpc) is 2.41. The Labute approximate surface area is 119 Å². The van der Waals surface area contributed by atoms with Crippen LogP contribution < -0.4 is 4.74 Å². The van der Waals surface area contributed by atoms with Gasteiger partial charge in [-0.2, -0.15) is 0 Å². The number of aliphatic hydroxyl groups excluding tert-OH is 1. The number of halogens is 2. The quantitative estimate of drug-likeness (QED) is 0.851. The van der Waals surface area contributed by atoms with Crippen molar-refractivity contribution in [2.75, 3.05) is 7.11 Å². The molecule has 0 amide bonds. The molecule has 0 bridgehead atoms. The van der Waals surface area contributed by atoms with Crippen molar-refractivity contribution >= 4 is 22.6 Å². The first kappa shape index (κ1) is 13.3. The number of hydrogen-bond acceptors (Lipinski definition) is 2. The van der Waals surface area contributed by atoms with Crippen LogP contribution in [0.2, 0.25) is 0 Å². The van der Waals surface area contributed by atoms with E-state index in [2.05, 4.69) is 22.6 Å². The highest BCUT2D eigenvalue weighted by Gasteiger charge is 2.19. The number of aliphatic hydroxyl groups is 1. The molecule has 2 rings (SSSR count). The van der Waals surface area contributed by atoms with Gasteiger partial charge in [-0.3, -0.25) is 0 Å². The van der Waals surface area contributed by atoms with Crippen molar-refractivity contribution in [2.45, 2.75) is 6.10 Å². The summed E-state index contributed by atoms with van der Waals surface area (Å²) in [6, 6.07) is 12.2. The van der Waals surface area contributed by atoms with Crippen LogP contribution >= 0.6 is 22.6 Å². The van der Waals surface area contributed by atoms with Gasteiger partial charge in [0, 0.05) is 9.13 Å². The summed E-state index contributed by atoms with van der Waals surface area (Å²) in [5.74, 6) is -0.374. The van der Waals surface area contributed by atoms with Gasteiger partial charge in [0.1, 0.15) is 6.10 Å². The third kappa shape index (κ3) is 2.64. The average molecular weight is 358 g/mol. The maximum Gasteiger partial charge on any atom is 0.171 e. The van der Waals surface area contributed by atoms with Gasteiger partial charge in [0.2, 0.25) is 0 Å². The number of benzene rings is 2. The van der Waals surface area contributed by atoms with E-state index in [0.717, 1.165) is 3.57 Å². The van der Waals surface area contributed by atoms with Crippen molar-refractivity contribution in [3.8, 4) is 5.75 Å². The minimum Gasteiger partial charge on any atom is -0.494 e. The third-order valence-electron chi connectivity index (χ3n) is 2.66. The highest BCUT2D eigenvalue weighted by atomic mass is 127. The zero-order chi connectivity index (χ0) is 13.1. The maximum atomic E-state index is 14.1. The van der Waals surface area contributed by atoms with Crippen LogP contribution in [0, 0.1) is 9.39 Å². The molecule has 1 N–H and O–H groups in total. The zero-order valence-electron chi connectivity index (χ0n) is 9.73. The van der Waals surface area contributed by atoms with Gasteiger partial charge in [-0.05, 0) is 40.3 Å². The Morgan fingerprint density at radius 2 is 1.89 bits per heavy atom. The maximum absolute atomic E-state index is 14.1. The van der Waals surface area contributed by atoms with E-state index >= 15 is 0 Å². The van der Waals surface area contributed by atoms with Crippen LogP contribution in [0.3, 0.4) is 0 Å². The topological polar surface area (TPSA) is 29.5 Å². The molecule has 0 saturated heterocycles. The van der Waals surface area contributed by atoms with Gasteiger partial charge in [-0.1, -0.05) is 30.3 Å². The summed E-state index contributed by atoms with van der Waals surface area (Å²) >= 11 is 2.07. The molecular formula is C14H12FIO2. The van der Waals surface area contributed by atoms with E-state index in [9.17, 15) is 9.50 Å². The van der Waals surface area contributed by atoms with E-state index in [4.69, 9.17) is 4.74 Å². The third-order valence-corrected chi connectivity index (χ3v) is 3.28. The van der Waals surface area contributed by atoms with E-state index in [1.807, 2.05) is 18.2 Å². The molecule has 2 aromatic carbocycles. The first-order valence-electron chi connectivity index (χ1n) is 5.39. The van der Waals surface area contributed by atoms with Gasteiger partial charge in [0.15, 0.2) is 11.6 Å². The summed E-state index contributed by atoms with van der Waals surface area (Å²) in [6.45, 7) is 0. The van der Waals surface area contributed by atoms with Gasteiger partial charge in [-0.15, -0.1) is 0 Å². The fourth-order valence-electron chi connectivity index (χ4n) is 1.75. The fraction of sp³-hybridized carbons (Fsp3) is 0.143. The minimum absolute atomic E-state index is 0.145. The number of ether oxygens (including phenoxy) is 1. The molecule has 0 aliphatic carbocycles. The van der Waals surface area contributed by atoms with Crippen LogP contribution in [0.25, 0.3) is 0 Å². The second kappa shape index (κ2) is 5.67. The molecule has 0 heterocycles. The van der Waals surface area contributed by atoms with E-state index in [1.165, 1.54) is 7.11 Å².